The van der Waals surface area contributed by atoms with Crippen LogP contribution in [0.2, 0.25) is 0 Å². The molecule has 1 aliphatic carbocycles. The first-order valence-corrected chi connectivity index (χ1v) is 8.86. The van der Waals surface area contributed by atoms with Gasteiger partial charge in [0, 0.05) is 6.54 Å². The van der Waals surface area contributed by atoms with E-state index in [1.807, 2.05) is 10.9 Å². The first-order valence-electron chi connectivity index (χ1n) is 8.06. The van der Waals surface area contributed by atoms with E-state index in [1.165, 1.54) is 19.3 Å². The first kappa shape index (κ1) is 17.0. The van der Waals surface area contributed by atoms with Crippen molar-refractivity contribution in [3.05, 3.63) is 16.4 Å². The molecule has 1 N–H and O–H groups in total. The van der Waals surface area contributed by atoms with Gasteiger partial charge in [-0.1, -0.05) is 26.2 Å². The molecule has 3 unspecified atom stereocenters. The van der Waals surface area contributed by atoms with Crippen molar-refractivity contribution in [1.29, 1.82) is 0 Å². The van der Waals surface area contributed by atoms with Gasteiger partial charge in [-0.05, 0) is 54.7 Å². The van der Waals surface area contributed by atoms with Crippen molar-refractivity contribution < 1.29 is 5.11 Å². The van der Waals surface area contributed by atoms with Crippen molar-refractivity contribution in [2.24, 2.45) is 11.8 Å². The van der Waals surface area contributed by atoms with Crippen LogP contribution in [-0.2, 0) is 6.54 Å². The monoisotopic (exact) mass is 357 g/mol. The van der Waals surface area contributed by atoms with Crippen LogP contribution in [0.15, 0.2) is 10.7 Å². The number of likely N-dealkylation sites (N-methyl/N-ethyl adjacent to an activating group) is 1. The second-order valence-corrected chi connectivity index (χ2v) is 7.40. The van der Waals surface area contributed by atoms with E-state index in [0.717, 1.165) is 42.0 Å². The molecule has 2 rings (SSSR count). The maximum atomic E-state index is 10.9. The number of rotatable bonds is 6. The molecule has 0 amide bonds. The maximum Gasteiger partial charge on any atom is 0.0996 e. The van der Waals surface area contributed by atoms with E-state index < -0.39 is 6.10 Å². The van der Waals surface area contributed by atoms with Crippen LogP contribution >= 0.6 is 15.9 Å². The highest BCUT2D eigenvalue weighted by molar-refractivity contribution is 9.10. The fourth-order valence-corrected chi connectivity index (χ4v) is 3.88. The van der Waals surface area contributed by atoms with Gasteiger partial charge in [0.1, 0.15) is 0 Å². The summed E-state index contributed by atoms with van der Waals surface area (Å²) in [5, 5.41) is 15.3. The molecule has 0 saturated heterocycles. The van der Waals surface area contributed by atoms with Gasteiger partial charge in [0.15, 0.2) is 0 Å². The highest BCUT2D eigenvalue weighted by Gasteiger charge is 2.30. The number of hydrogen-bond donors (Lipinski definition) is 1. The summed E-state index contributed by atoms with van der Waals surface area (Å²) in [6.07, 6.45) is 7.47. The van der Waals surface area contributed by atoms with E-state index >= 15 is 0 Å². The number of halogens is 1. The zero-order valence-electron chi connectivity index (χ0n) is 13.4. The van der Waals surface area contributed by atoms with Crippen LogP contribution in [0.3, 0.4) is 0 Å². The number of hydrogen-bond acceptors (Lipinski definition) is 3. The van der Waals surface area contributed by atoms with Gasteiger partial charge in [-0.3, -0.25) is 4.68 Å². The minimum absolute atomic E-state index is 0.370. The molecule has 1 heterocycles. The summed E-state index contributed by atoms with van der Waals surface area (Å²) in [5.41, 5.74) is 0.957. The van der Waals surface area contributed by atoms with Crippen LogP contribution in [0, 0.1) is 11.8 Å². The van der Waals surface area contributed by atoms with Gasteiger partial charge in [-0.15, -0.1) is 0 Å². The van der Waals surface area contributed by atoms with Gasteiger partial charge < -0.3 is 10.0 Å². The Kier molecular flexibility index (Phi) is 6.26. The van der Waals surface area contributed by atoms with Crippen molar-refractivity contribution in [2.75, 3.05) is 20.6 Å². The molecule has 0 aromatic carbocycles. The molecule has 120 valence electrons. The molecular weight excluding hydrogens is 330 g/mol. The second kappa shape index (κ2) is 7.75. The van der Waals surface area contributed by atoms with E-state index in [4.69, 9.17) is 0 Å². The van der Waals surface area contributed by atoms with Crippen molar-refractivity contribution in [2.45, 2.75) is 51.7 Å². The summed E-state index contributed by atoms with van der Waals surface area (Å²) in [6, 6.07) is 0. The number of aromatic nitrogens is 2. The molecule has 21 heavy (non-hydrogen) atoms. The Morgan fingerprint density at radius 1 is 1.48 bits per heavy atom. The molecule has 0 aliphatic heterocycles. The molecule has 1 aromatic heterocycles. The van der Waals surface area contributed by atoms with Crippen LogP contribution in [0.1, 0.15) is 50.8 Å². The summed E-state index contributed by atoms with van der Waals surface area (Å²) >= 11 is 3.57. The van der Waals surface area contributed by atoms with E-state index in [2.05, 4.69) is 46.9 Å². The largest absolute Gasteiger partial charge is 0.386 e. The predicted molar refractivity (Wildman–Crippen MR) is 89.2 cm³/mol. The van der Waals surface area contributed by atoms with Crippen LogP contribution in [0.5, 0.6) is 0 Å². The predicted octanol–water partition coefficient (Wildman–Crippen LogP) is 3.46. The lowest BCUT2D eigenvalue weighted by Crippen LogP contribution is -2.25. The lowest BCUT2D eigenvalue weighted by atomic mass is 9.77. The average Bonchev–Trinajstić information content (AvgIpc) is 2.85. The normalized spacial score (nSPS) is 24.5. The van der Waals surface area contributed by atoms with Crippen molar-refractivity contribution >= 4 is 15.9 Å². The zero-order chi connectivity index (χ0) is 15.4. The third kappa shape index (κ3) is 4.30. The van der Waals surface area contributed by atoms with Crippen LogP contribution in [-0.4, -0.2) is 40.4 Å². The first-order chi connectivity index (χ1) is 10.0. The maximum absolute atomic E-state index is 10.9. The average molecular weight is 358 g/mol. The highest BCUT2D eigenvalue weighted by atomic mass is 79.9. The fraction of sp³-hybridized carbons (Fsp3) is 0.812. The van der Waals surface area contributed by atoms with Crippen LogP contribution in [0.25, 0.3) is 0 Å². The molecule has 0 bridgehead atoms. The van der Waals surface area contributed by atoms with E-state index in [1.54, 1.807) is 0 Å². The van der Waals surface area contributed by atoms with Crippen molar-refractivity contribution in [3.63, 3.8) is 0 Å². The minimum atomic E-state index is -0.404. The molecule has 1 aromatic rings. The minimum Gasteiger partial charge on any atom is -0.386 e. The molecule has 3 atom stereocenters. The van der Waals surface area contributed by atoms with Gasteiger partial charge in [-0.2, -0.15) is 5.10 Å². The Labute approximate surface area is 136 Å². The quantitative estimate of drug-likeness (QED) is 0.847. The van der Waals surface area contributed by atoms with Gasteiger partial charge in [0.2, 0.25) is 0 Å². The van der Waals surface area contributed by atoms with Crippen molar-refractivity contribution in [1.82, 2.24) is 14.7 Å². The summed E-state index contributed by atoms with van der Waals surface area (Å²) in [7, 11) is 4.11. The molecule has 5 heteroatoms. The Morgan fingerprint density at radius 2 is 2.24 bits per heavy atom. The standard InChI is InChI=1S/C16H28BrN3O/c1-4-12-6-5-7-13(10-12)16(21)15-14(17)11-18-20(15)9-8-19(2)3/h11-13,16,21H,4-10H2,1-3H3. The number of aliphatic hydroxyl groups is 1. The molecular formula is C16H28BrN3O. The van der Waals surface area contributed by atoms with Crippen LogP contribution < -0.4 is 0 Å². The Morgan fingerprint density at radius 3 is 2.90 bits per heavy atom. The molecule has 1 fully saturated rings. The molecule has 0 spiro atoms. The third-order valence-electron chi connectivity index (χ3n) is 4.72. The Bertz CT molecular complexity index is 447. The number of aliphatic hydroxyl groups excluding tert-OH is 1. The Hall–Kier alpha value is -0.390. The van der Waals surface area contributed by atoms with E-state index in [-0.39, 0.29) is 0 Å². The summed E-state index contributed by atoms with van der Waals surface area (Å²) in [5.74, 6) is 1.14. The lowest BCUT2D eigenvalue weighted by Gasteiger charge is -2.32. The third-order valence-corrected chi connectivity index (χ3v) is 5.33. The lowest BCUT2D eigenvalue weighted by molar-refractivity contribution is 0.0598. The van der Waals surface area contributed by atoms with Crippen molar-refractivity contribution in [3.8, 4) is 0 Å². The molecule has 4 nitrogen and oxygen atoms in total. The van der Waals surface area contributed by atoms with E-state index in [0.29, 0.717) is 5.92 Å². The zero-order valence-corrected chi connectivity index (χ0v) is 15.0. The van der Waals surface area contributed by atoms with E-state index in [9.17, 15) is 5.11 Å². The second-order valence-electron chi connectivity index (χ2n) is 6.55. The SMILES string of the molecule is CCC1CCCC(C(O)c2c(Br)cnn2CCN(C)C)C1. The van der Waals surface area contributed by atoms with Gasteiger partial charge in [0.25, 0.3) is 0 Å². The van der Waals surface area contributed by atoms with Crippen LogP contribution in [0.4, 0.5) is 0 Å². The summed E-state index contributed by atoms with van der Waals surface area (Å²) in [6.45, 7) is 4.00. The summed E-state index contributed by atoms with van der Waals surface area (Å²) in [4.78, 5) is 2.14. The fourth-order valence-electron chi connectivity index (χ4n) is 3.35. The topological polar surface area (TPSA) is 41.3 Å². The summed E-state index contributed by atoms with van der Waals surface area (Å²) < 4.78 is 2.90. The smallest absolute Gasteiger partial charge is 0.0996 e. The molecule has 1 aliphatic rings. The number of nitrogens with zero attached hydrogens (tertiary/aromatic N) is 3. The van der Waals surface area contributed by atoms with Gasteiger partial charge in [-0.25, -0.2) is 0 Å². The highest BCUT2D eigenvalue weighted by Crippen LogP contribution is 2.40. The van der Waals surface area contributed by atoms with Gasteiger partial charge in [0.05, 0.1) is 29.0 Å². The Balaban J connectivity index is 2.10. The van der Waals surface area contributed by atoms with Gasteiger partial charge >= 0.3 is 0 Å². The molecule has 0 radical (unpaired) electrons. The molecule has 1 saturated carbocycles.